The van der Waals surface area contributed by atoms with Crippen molar-refractivity contribution in [1.29, 1.82) is 0 Å². The molecule has 28 heavy (non-hydrogen) atoms. The second-order valence-electron chi connectivity index (χ2n) is 7.07. The maximum Gasteiger partial charge on any atom is 0.275 e. The molecule has 0 radical (unpaired) electrons. The number of aryl methyl sites for hydroxylation is 2. The molecule has 0 atom stereocenters. The summed E-state index contributed by atoms with van der Waals surface area (Å²) in [5, 5.41) is 2.95. The zero-order chi connectivity index (χ0) is 19.5. The van der Waals surface area contributed by atoms with E-state index in [1.165, 1.54) is 5.56 Å². The third kappa shape index (κ3) is 3.56. The number of nitrogens with zero attached hydrogens (tertiary/aromatic N) is 2. The Morgan fingerprint density at radius 2 is 1.64 bits per heavy atom. The third-order valence-corrected chi connectivity index (χ3v) is 5.04. The predicted molar refractivity (Wildman–Crippen MR) is 111 cm³/mol. The first kappa shape index (κ1) is 18.0. The molecule has 5 nitrogen and oxygen atoms in total. The van der Waals surface area contributed by atoms with Gasteiger partial charge in [-0.2, -0.15) is 0 Å². The minimum absolute atomic E-state index is 0.00157. The van der Waals surface area contributed by atoms with Gasteiger partial charge in [0.15, 0.2) is 0 Å². The lowest BCUT2D eigenvalue weighted by atomic mass is 10.1. The number of hydrogen-bond acceptors (Lipinski definition) is 2. The smallest absolute Gasteiger partial charge is 0.275 e. The molecule has 2 aromatic heterocycles. The summed E-state index contributed by atoms with van der Waals surface area (Å²) in [5.41, 5.74) is 4.79. The van der Waals surface area contributed by atoms with E-state index in [0.717, 1.165) is 16.6 Å². The molecule has 0 aliphatic heterocycles. The fourth-order valence-electron chi connectivity index (χ4n) is 3.52. The second kappa shape index (κ2) is 7.72. The van der Waals surface area contributed by atoms with E-state index < -0.39 is 0 Å². The fourth-order valence-corrected chi connectivity index (χ4v) is 3.52. The summed E-state index contributed by atoms with van der Waals surface area (Å²) >= 11 is 0. The van der Waals surface area contributed by atoms with Crippen LogP contribution in [0.5, 0.6) is 0 Å². The lowest BCUT2D eigenvalue weighted by Gasteiger charge is -2.12. The average Bonchev–Trinajstić information content (AvgIpc) is 3.20. The van der Waals surface area contributed by atoms with E-state index in [4.69, 9.17) is 0 Å². The quantitative estimate of drug-likeness (QED) is 0.561. The van der Waals surface area contributed by atoms with Crippen LogP contribution in [0.1, 0.15) is 24.0 Å². The lowest BCUT2D eigenvalue weighted by molar-refractivity contribution is -0.121. The molecule has 0 aliphatic carbocycles. The topological polar surface area (TPSA) is 55.5 Å². The molecule has 142 valence electrons. The Balaban J connectivity index is 1.44. The summed E-state index contributed by atoms with van der Waals surface area (Å²) in [6.07, 6.45) is 2.90. The summed E-state index contributed by atoms with van der Waals surface area (Å²) in [5.74, 6) is 0.00157. The fraction of sp³-hybridized carbons (Fsp3) is 0.217. The number of carbonyl (C=O) groups is 1. The minimum atomic E-state index is -0.0243. The Bertz CT molecular complexity index is 1190. The Hall–Kier alpha value is -3.34. The van der Waals surface area contributed by atoms with E-state index in [1.54, 1.807) is 4.57 Å². The first-order chi connectivity index (χ1) is 13.6. The van der Waals surface area contributed by atoms with Crippen molar-refractivity contribution < 1.29 is 4.79 Å². The molecule has 2 heterocycles. The van der Waals surface area contributed by atoms with E-state index in [1.807, 2.05) is 78.2 Å². The lowest BCUT2D eigenvalue weighted by Crippen LogP contribution is -2.25. The zero-order valence-corrected chi connectivity index (χ0v) is 15.9. The number of benzene rings is 2. The number of amides is 1. The Morgan fingerprint density at radius 3 is 2.43 bits per heavy atom. The highest BCUT2D eigenvalue weighted by Gasteiger charge is 2.10. The number of hydrogen-bond donors (Lipinski definition) is 1. The van der Waals surface area contributed by atoms with Crippen LogP contribution in [0, 0.1) is 6.92 Å². The summed E-state index contributed by atoms with van der Waals surface area (Å²) in [7, 11) is 0. The van der Waals surface area contributed by atoms with Gasteiger partial charge in [-0.05, 0) is 43.2 Å². The van der Waals surface area contributed by atoms with Crippen LogP contribution in [0.15, 0.2) is 71.7 Å². The van der Waals surface area contributed by atoms with Crippen LogP contribution >= 0.6 is 0 Å². The van der Waals surface area contributed by atoms with Crippen LogP contribution in [0.4, 0.5) is 0 Å². The molecule has 0 unspecified atom stereocenters. The standard InChI is InChI=1S/C23H23N3O2/c1-17-10-12-18(13-11-17)16-24-22(27)9-5-15-26-20-7-3-2-6-19(20)25-14-4-8-21(25)23(26)28/h2-4,6-8,10-14H,5,9,15-16H2,1H3,(H,24,27). The maximum absolute atomic E-state index is 12.9. The van der Waals surface area contributed by atoms with Crippen LogP contribution < -0.4 is 10.9 Å². The van der Waals surface area contributed by atoms with Crippen LogP contribution in [0.3, 0.4) is 0 Å². The molecule has 2 aromatic carbocycles. The number of carbonyl (C=O) groups excluding carboxylic acids is 1. The van der Waals surface area contributed by atoms with Gasteiger partial charge in [-0.15, -0.1) is 0 Å². The van der Waals surface area contributed by atoms with Crippen LogP contribution in [0.25, 0.3) is 16.6 Å². The van der Waals surface area contributed by atoms with Gasteiger partial charge in [0, 0.05) is 25.7 Å². The van der Waals surface area contributed by atoms with Crippen molar-refractivity contribution in [2.45, 2.75) is 32.9 Å². The van der Waals surface area contributed by atoms with Gasteiger partial charge in [0.1, 0.15) is 5.52 Å². The molecule has 0 aliphatic rings. The van der Waals surface area contributed by atoms with Crippen molar-refractivity contribution in [1.82, 2.24) is 14.3 Å². The number of para-hydroxylation sites is 2. The number of nitrogens with one attached hydrogen (secondary N) is 1. The number of rotatable bonds is 6. The van der Waals surface area contributed by atoms with Gasteiger partial charge < -0.3 is 14.3 Å². The first-order valence-corrected chi connectivity index (χ1v) is 9.54. The van der Waals surface area contributed by atoms with Crippen molar-refractivity contribution in [3.05, 3.63) is 88.3 Å². The van der Waals surface area contributed by atoms with Crippen LogP contribution in [-0.4, -0.2) is 14.9 Å². The second-order valence-corrected chi connectivity index (χ2v) is 7.07. The number of aromatic nitrogens is 2. The van der Waals surface area contributed by atoms with Crippen molar-refractivity contribution in [3.63, 3.8) is 0 Å². The van der Waals surface area contributed by atoms with Crippen molar-refractivity contribution in [2.24, 2.45) is 0 Å². The van der Waals surface area contributed by atoms with E-state index in [-0.39, 0.29) is 11.5 Å². The van der Waals surface area contributed by atoms with Crippen molar-refractivity contribution in [3.8, 4) is 0 Å². The van der Waals surface area contributed by atoms with Gasteiger partial charge in [-0.1, -0.05) is 42.0 Å². The van der Waals surface area contributed by atoms with Crippen molar-refractivity contribution in [2.75, 3.05) is 0 Å². The van der Waals surface area contributed by atoms with Gasteiger partial charge >= 0.3 is 0 Å². The van der Waals surface area contributed by atoms with Gasteiger partial charge in [-0.25, -0.2) is 0 Å². The molecule has 1 N–H and O–H groups in total. The van der Waals surface area contributed by atoms with E-state index in [0.29, 0.717) is 31.4 Å². The first-order valence-electron chi connectivity index (χ1n) is 9.54. The molecule has 4 rings (SSSR count). The van der Waals surface area contributed by atoms with Gasteiger partial charge in [-0.3, -0.25) is 9.59 Å². The summed E-state index contributed by atoms with van der Waals surface area (Å²) in [4.78, 5) is 25.0. The van der Waals surface area contributed by atoms with Crippen molar-refractivity contribution >= 4 is 22.5 Å². The Kier molecular flexibility index (Phi) is 4.98. The van der Waals surface area contributed by atoms with E-state index in [9.17, 15) is 9.59 Å². The highest BCUT2D eigenvalue weighted by atomic mass is 16.1. The maximum atomic E-state index is 12.9. The molecule has 0 spiro atoms. The zero-order valence-electron chi connectivity index (χ0n) is 15.9. The summed E-state index contributed by atoms with van der Waals surface area (Å²) < 4.78 is 3.69. The van der Waals surface area contributed by atoms with Gasteiger partial charge in [0.05, 0.1) is 11.0 Å². The SMILES string of the molecule is Cc1ccc(CNC(=O)CCCn2c(=O)c3cccn3c3ccccc32)cc1. The largest absolute Gasteiger partial charge is 0.352 e. The highest BCUT2D eigenvalue weighted by Crippen LogP contribution is 2.15. The highest BCUT2D eigenvalue weighted by molar-refractivity contribution is 5.79. The molecule has 0 saturated heterocycles. The Morgan fingerprint density at radius 1 is 0.929 bits per heavy atom. The molecule has 5 heteroatoms. The minimum Gasteiger partial charge on any atom is -0.352 e. The average molecular weight is 373 g/mol. The van der Waals surface area contributed by atoms with Crippen LogP contribution in [0.2, 0.25) is 0 Å². The molecule has 0 fully saturated rings. The number of fused-ring (bicyclic) bond motifs is 3. The van der Waals surface area contributed by atoms with Gasteiger partial charge in [0.2, 0.25) is 5.91 Å². The molecule has 0 bridgehead atoms. The molecular weight excluding hydrogens is 350 g/mol. The predicted octanol–water partition coefficient (Wildman–Crippen LogP) is 3.66. The molecular formula is C23H23N3O2. The molecule has 0 saturated carbocycles. The molecule has 1 amide bonds. The van der Waals surface area contributed by atoms with Crippen LogP contribution in [-0.2, 0) is 17.9 Å². The summed E-state index contributed by atoms with van der Waals surface area (Å²) in [6, 6.07) is 19.7. The Labute approximate surface area is 163 Å². The van der Waals surface area contributed by atoms with E-state index in [2.05, 4.69) is 5.32 Å². The monoisotopic (exact) mass is 373 g/mol. The van der Waals surface area contributed by atoms with E-state index >= 15 is 0 Å². The van der Waals surface area contributed by atoms with Gasteiger partial charge in [0.25, 0.3) is 5.56 Å². The third-order valence-electron chi connectivity index (χ3n) is 5.04. The normalized spacial score (nSPS) is 11.2. The molecule has 4 aromatic rings. The summed E-state index contributed by atoms with van der Waals surface area (Å²) in [6.45, 7) is 3.08.